The Balaban J connectivity index is 1.45. The number of nitrogens with one attached hydrogen (secondary N) is 1. The van der Waals surface area contributed by atoms with Gasteiger partial charge in [-0.05, 0) is 38.4 Å². The van der Waals surface area contributed by atoms with Crippen LogP contribution in [0, 0.1) is 5.41 Å². The van der Waals surface area contributed by atoms with Gasteiger partial charge in [0.25, 0.3) is 0 Å². The minimum Gasteiger partial charge on any atom is -0.407 e. The zero-order valence-corrected chi connectivity index (χ0v) is 20.7. The SMILES string of the molecule is [B]NC(=O)[C@@H]1C[C@@]2(C)CC2N1C(=O)Cn1nc(C(C)=O)c2cc(-c3cnc(CN(C)C)nc3)ncc21. The van der Waals surface area contributed by atoms with Crippen molar-refractivity contribution in [2.45, 2.75) is 51.9 Å². The molecule has 0 aromatic carbocycles. The Kier molecular flexibility index (Phi) is 5.86. The largest absolute Gasteiger partial charge is 0.407 e. The lowest BCUT2D eigenvalue weighted by atomic mass is 10.0. The second-order valence-corrected chi connectivity index (χ2v) is 10.2. The number of rotatable bonds is 7. The predicted octanol–water partition coefficient (Wildman–Crippen LogP) is 0.732. The van der Waals surface area contributed by atoms with Gasteiger partial charge < -0.3 is 15.0 Å². The van der Waals surface area contributed by atoms with E-state index in [1.165, 1.54) is 11.6 Å². The molecule has 1 unspecified atom stereocenters. The molecular weight excluding hydrogens is 459 g/mol. The fourth-order valence-corrected chi connectivity index (χ4v) is 5.13. The number of pyridine rings is 1. The number of fused-ring (bicyclic) bond motifs is 2. The van der Waals surface area contributed by atoms with Crippen LogP contribution in [0.1, 0.15) is 43.0 Å². The fourth-order valence-electron chi connectivity index (χ4n) is 5.13. The molecule has 36 heavy (non-hydrogen) atoms. The number of ketones is 1. The zero-order valence-electron chi connectivity index (χ0n) is 20.7. The molecule has 1 saturated carbocycles. The summed E-state index contributed by atoms with van der Waals surface area (Å²) in [5.74, 6) is -0.159. The molecule has 1 aliphatic carbocycles. The Morgan fingerprint density at radius 2 is 1.89 bits per heavy atom. The second-order valence-electron chi connectivity index (χ2n) is 10.2. The van der Waals surface area contributed by atoms with Crippen LogP contribution in [0.2, 0.25) is 0 Å². The molecule has 3 atom stereocenters. The highest BCUT2D eigenvalue weighted by atomic mass is 16.2. The minimum atomic E-state index is -0.611. The molecule has 2 radical (unpaired) electrons. The number of carbonyl (C=O) groups excluding carboxylic acids is 3. The van der Waals surface area contributed by atoms with Gasteiger partial charge in [-0.25, -0.2) is 9.97 Å². The molecule has 5 rings (SSSR count). The van der Waals surface area contributed by atoms with Crippen LogP contribution in [0.3, 0.4) is 0 Å². The van der Waals surface area contributed by atoms with E-state index in [2.05, 4.69) is 32.2 Å². The van der Waals surface area contributed by atoms with Crippen molar-refractivity contribution in [3.8, 4) is 11.3 Å². The summed E-state index contributed by atoms with van der Waals surface area (Å²) in [7, 11) is 9.25. The predicted molar refractivity (Wildman–Crippen MR) is 132 cm³/mol. The third kappa shape index (κ3) is 4.15. The van der Waals surface area contributed by atoms with Crippen LogP contribution in [0.5, 0.6) is 0 Å². The lowest BCUT2D eigenvalue weighted by Gasteiger charge is -2.26. The van der Waals surface area contributed by atoms with Crippen LogP contribution in [-0.4, -0.2) is 86.3 Å². The zero-order chi connectivity index (χ0) is 25.8. The van der Waals surface area contributed by atoms with Crippen molar-refractivity contribution in [1.82, 2.24) is 39.8 Å². The lowest BCUT2D eigenvalue weighted by Crippen LogP contribution is -2.48. The topological polar surface area (TPSA) is 126 Å². The first-order chi connectivity index (χ1) is 17.1. The Morgan fingerprint density at radius 1 is 1.17 bits per heavy atom. The minimum absolute atomic E-state index is 0.00148. The Bertz CT molecular complexity index is 1370. The van der Waals surface area contributed by atoms with Crippen LogP contribution in [0.25, 0.3) is 22.2 Å². The summed E-state index contributed by atoms with van der Waals surface area (Å²) in [4.78, 5) is 55.0. The molecule has 2 aliphatic rings. The summed E-state index contributed by atoms with van der Waals surface area (Å²) in [5, 5.41) is 7.21. The molecule has 2 amide bonds. The molecule has 0 spiro atoms. The van der Waals surface area contributed by atoms with Crippen molar-refractivity contribution >= 4 is 36.5 Å². The van der Waals surface area contributed by atoms with E-state index in [1.807, 2.05) is 19.0 Å². The molecule has 11 nitrogen and oxygen atoms in total. The van der Waals surface area contributed by atoms with Crippen molar-refractivity contribution in [2.24, 2.45) is 5.41 Å². The third-order valence-electron chi connectivity index (χ3n) is 7.08. The summed E-state index contributed by atoms with van der Waals surface area (Å²) in [6, 6.07) is 1.16. The van der Waals surface area contributed by atoms with Gasteiger partial charge >= 0.3 is 0 Å². The number of amides is 2. The number of carbonyl (C=O) groups is 3. The van der Waals surface area contributed by atoms with E-state index in [0.29, 0.717) is 41.0 Å². The smallest absolute Gasteiger partial charge is 0.245 e. The van der Waals surface area contributed by atoms with E-state index in [4.69, 9.17) is 7.98 Å². The molecule has 1 saturated heterocycles. The second kappa shape index (κ2) is 8.77. The van der Waals surface area contributed by atoms with Crippen LogP contribution in [0.4, 0.5) is 0 Å². The van der Waals surface area contributed by atoms with Crippen LogP contribution in [-0.2, 0) is 22.7 Å². The molecule has 2 fully saturated rings. The molecular formula is C24H27BN8O3. The van der Waals surface area contributed by atoms with E-state index in [1.54, 1.807) is 29.6 Å². The highest BCUT2D eigenvalue weighted by Crippen LogP contribution is 2.59. The maximum atomic E-state index is 13.4. The average molecular weight is 486 g/mol. The number of nitrogens with zero attached hydrogens (tertiary/aromatic N) is 7. The molecule has 12 heteroatoms. The number of hydrogen-bond donors (Lipinski definition) is 1. The highest BCUT2D eigenvalue weighted by molar-refractivity contribution is 6.15. The van der Waals surface area contributed by atoms with Gasteiger partial charge in [0.15, 0.2) is 5.78 Å². The van der Waals surface area contributed by atoms with Crippen molar-refractivity contribution in [3.05, 3.63) is 36.2 Å². The normalized spacial score (nSPS) is 22.6. The number of Topliss-reactive ketones (excluding diaryl/α,β-unsaturated/α-hetero) is 1. The molecule has 0 bridgehead atoms. The quantitative estimate of drug-likeness (QED) is 0.383. The van der Waals surface area contributed by atoms with Gasteiger partial charge in [-0.1, -0.05) is 6.92 Å². The highest BCUT2D eigenvalue weighted by Gasteiger charge is 2.64. The maximum absolute atomic E-state index is 13.4. The van der Waals surface area contributed by atoms with E-state index in [0.717, 1.165) is 6.42 Å². The number of hydrogen-bond acceptors (Lipinski definition) is 8. The van der Waals surface area contributed by atoms with Gasteiger partial charge in [-0.3, -0.25) is 24.0 Å². The standard InChI is InChI=1S/C24H27BN8O3/c1-13(34)22-15-5-16(14-8-27-20(28-9-14)11-31(3)4)26-10-18(15)32(30-22)12-21(35)33-17(23(36)29-25)6-24(2)7-19(24)33/h5,8-10,17,19H,6-7,11-12H2,1-4H3,(H,29,36)/t17-,19?,24-/m0/s1. The van der Waals surface area contributed by atoms with Gasteiger partial charge in [-0.15, -0.1) is 0 Å². The third-order valence-corrected chi connectivity index (χ3v) is 7.08. The Morgan fingerprint density at radius 3 is 2.53 bits per heavy atom. The molecule has 3 aromatic rings. The summed E-state index contributed by atoms with van der Waals surface area (Å²) >= 11 is 0. The fraction of sp³-hybridized carbons (Fsp3) is 0.458. The van der Waals surface area contributed by atoms with Gasteiger partial charge in [0.1, 0.15) is 24.1 Å². The summed E-state index contributed by atoms with van der Waals surface area (Å²) in [6.45, 7) is 4.01. The van der Waals surface area contributed by atoms with E-state index < -0.39 is 6.04 Å². The number of piperidine rings is 1. The van der Waals surface area contributed by atoms with Crippen molar-refractivity contribution in [2.75, 3.05) is 14.1 Å². The maximum Gasteiger partial charge on any atom is 0.245 e. The van der Waals surface area contributed by atoms with Crippen LogP contribution in [0.15, 0.2) is 24.7 Å². The molecule has 3 aromatic heterocycles. The molecule has 1 N–H and O–H groups in total. The Hall–Kier alpha value is -3.67. The molecule has 1 aliphatic heterocycles. The van der Waals surface area contributed by atoms with Gasteiger partial charge in [0.2, 0.25) is 19.8 Å². The first-order valence-corrected chi connectivity index (χ1v) is 11.8. The summed E-state index contributed by atoms with van der Waals surface area (Å²) in [6.07, 6.45) is 6.42. The van der Waals surface area contributed by atoms with Crippen molar-refractivity contribution < 1.29 is 14.4 Å². The van der Waals surface area contributed by atoms with Gasteiger partial charge in [0, 0.05) is 36.3 Å². The van der Waals surface area contributed by atoms with Crippen LogP contribution >= 0.6 is 0 Å². The van der Waals surface area contributed by atoms with Gasteiger partial charge in [0.05, 0.1) is 24.0 Å². The first kappa shape index (κ1) is 24.0. The van der Waals surface area contributed by atoms with E-state index in [9.17, 15) is 14.4 Å². The van der Waals surface area contributed by atoms with E-state index >= 15 is 0 Å². The number of aromatic nitrogens is 5. The van der Waals surface area contributed by atoms with Gasteiger partial charge in [-0.2, -0.15) is 5.10 Å². The van der Waals surface area contributed by atoms with Crippen molar-refractivity contribution in [1.29, 1.82) is 0 Å². The molecule has 184 valence electrons. The monoisotopic (exact) mass is 486 g/mol. The van der Waals surface area contributed by atoms with E-state index in [-0.39, 0.29) is 41.3 Å². The summed E-state index contributed by atoms with van der Waals surface area (Å²) < 4.78 is 1.48. The van der Waals surface area contributed by atoms with Crippen molar-refractivity contribution in [3.63, 3.8) is 0 Å². The first-order valence-electron chi connectivity index (χ1n) is 11.8. The Labute approximate surface area is 209 Å². The molecule has 4 heterocycles. The summed E-state index contributed by atoms with van der Waals surface area (Å²) in [5.41, 5.74) is 2.05. The lowest BCUT2D eigenvalue weighted by molar-refractivity contribution is -0.139. The number of likely N-dealkylation sites (tertiary alicyclic amines) is 1. The van der Waals surface area contributed by atoms with Crippen LogP contribution < -0.4 is 5.23 Å². The average Bonchev–Trinajstić information content (AvgIpc) is 3.21.